The van der Waals surface area contributed by atoms with Crippen LogP contribution in [0.5, 0.6) is 0 Å². The van der Waals surface area contributed by atoms with Crippen molar-refractivity contribution in [1.82, 2.24) is 19.7 Å². The Bertz CT molecular complexity index is 548. The summed E-state index contributed by atoms with van der Waals surface area (Å²) in [6, 6.07) is 1.93. The third kappa shape index (κ3) is 2.26. The molecule has 2 heterocycles. The molecule has 0 fully saturated rings. The molecule has 18 heavy (non-hydrogen) atoms. The Morgan fingerprint density at radius 3 is 2.61 bits per heavy atom. The average Bonchev–Trinajstić information content (AvgIpc) is 2.81. The molecule has 0 saturated carbocycles. The molecule has 0 aromatic carbocycles. The first-order chi connectivity index (χ1) is 8.69. The second-order valence-electron chi connectivity index (χ2n) is 4.21. The summed E-state index contributed by atoms with van der Waals surface area (Å²) < 4.78 is 1.80. The summed E-state index contributed by atoms with van der Waals surface area (Å²) >= 11 is 0. The van der Waals surface area contributed by atoms with E-state index in [0.29, 0.717) is 0 Å². The molecule has 5 heteroatoms. The number of aromatic nitrogens is 4. The van der Waals surface area contributed by atoms with Crippen LogP contribution in [0.1, 0.15) is 36.6 Å². The molecule has 0 amide bonds. The zero-order valence-corrected chi connectivity index (χ0v) is 11.0. The van der Waals surface area contributed by atoms with E-state index in [1.54, 1.807) is 10.9 Å². The molecule has 0 radical (unpaired) electrons. The van der Waals surface area contributed by atoms with Gasteiger partial charge in [-0.3, -0.25) is 0 Å². The molecule has 0 unspecified atom stereocenters. The molecule has 0 aliphatic carbocycles. The van der Waals surface area contributed by atoms with Crippen LogP contribution in [-0.4, -0.2) is 24.9 Å². The second-order valence-corrected chi connectivity index (χ2v) is 4.21. The van der Waals surface area contributed by atoms with E-state index in [1.165, 1.54) is 0 Å². The van der Waals surface area contributed by atoms with Crippen molar-refractivity contribution in [2.75, 3.05) is 0 Å². The van der Waals surface area contributed by atoms with Crippen LogP contribution in [0.3, 0.4) is 0 Å². The Balaban J connectivity index is 2.50. The Hall–Kier alpha value is -1.75. The van der Waals surface area contributed by atoms with E-state index >= 15 is 0 Å². The molecule has 2 aromatic heterocycles. The van der Waals surface area contributed by atoms with Crippen LogP contribution in [0, 0.1) is 6.92 Å². The highest BCUT2D eigenvalue weighted by molar-refractivity contribution is 5.35. The zero-order chi connectivity index (χ0) is 13.1. The van der Waals surface area contributed by atoms with E-state index in [4.69, 9.17) is 5.11 Å². The van der Waals surface area contributed by atoms with Gasteiger partial charge in [0.1, 0.15) is 5.82 Å². The number of hydrogen-bond acceptors (Lipinski definition) is 4. The molecule has 2 rings (SSSR count). The average molecular weight is 246 g/mol. The number of rotatable bonds is 4. The van der Waals surface area contributed by atoms with Gasteiger partial charge in [0.25, 0.3) is 0 Å². The molecule has 1 N–H and O–H groups in total. The van der Waals surface area contributed by atoms with Crippen molar-refractivity contribution in [2.45, 2.75) is 40.2 Å². The van der Waals surface area contributed by atoms with Gasteiger partial charge in [0.05, 0.1) is 6.61 Å². The smallest absolute Gasteiger partial charge is 0.158 e. The molecular formula is C13H18N4O. The fourth-order valence-corrected chi connectivity index (χ4v) is 1.87. The van der Waals surface area contributed by atoms with Crippen LogP contribution >= 0.6 is 0 Å². The molecule has 0 bridgehead atoms. The van der Waals surface area contributed by atoms with Gasteiger partial charge < -0.3 is 5.11 Å². The molecule has 96 valence electrons. The van der Waals surface area contributed by atoms with E-state index in [0.717, 1.165) is 41.4 Å². The van der Waals surface area contributed by atoms with Crippen LogP contribution in [0.2, 0.25) is 0 Å². The molecule has 0 aliphatic heterocycles. The standard InChI is InChI=1S/C13H18N4O/c1-4-11-15-12(5-2)17(16-11)13-9(3)6-10(8-18)7-14-13/h6-7,18H,4-5,8H2,1-3H3. The minimum atomic E-state index is 0.00627. The van der Waals surface area contributed by atoms with Crippen LogP contribution in [-0.2, 0) is 19.4 Å². The van der Waals surface area contributed by atoms with Gasteiger partial charge in [-0.05, 0) is 24.1 Å². The normalized spacial score (nSPS) is 10.9. The molecule has 0 spiro atoms. The maximum Gasteiger partial charge on any atom is 0.158 e. The SMILES string of the molecule is CCc1nc(CC)n(-c2ncc(CO)cc2C)n1. The molecular weight excluding hydrogens is 228 g/mol. The molecule has 5 nitrogen and oxygen atoms in total. The summed E-state index contributed by atoms with van der Waals surface area (Å²) in [6.07, 6.45) is 3.30. The Morgan fingerprint density at radius 1 is 1.28 bits per heavy atom. The third-order valence-corrected chi connectivity index (χ3v) is 2.84. The van der Waals surface area contributed by atoms with Gasteiger partial charge in [0.2, 0.25) is 0 Å². The molecule has 0 aliphatic rings. The van der Waals surface area contributed by atoms with Gasteiger partial charge >= 0.3 is 0 Å². The number of aliphatic hydroxyl groups is 1. The lowest BCUT2D eigenvalue weighted by Gasteiger charge is -2.07. The number of aliphatic hydroxyl groups excluding tert-OH is 1. The van der Waals surface area contributed by atoms with Crippen molar-refractivity contribution in [3.63, 3.8) is 0 Å². The number of pyridine rings is 1. The highest BCUT2D eigenvalue weighted by Gasteiger charge is 2.12. The van der Waals surface area contributed by atoms with Gasteiger partial charge in [-0.15, -0.1) is 5.10 Å². The minimum absolute atomic E-state index is 0.00627. The monoisotopic (exact) mass is 246 g/mol. The molecule has 0 saturated heterocycles. The van der Waals surface area contributed by atoms with Crippen molar-refractivity contribution < 1.29 is 5.11 Å². The van der Waals surface area contributed by atoms with E-state index in [-0.39, 0.29) is 6.61 Å². The van der Waals surface area contributed by atoms with Gasteiger partial charge in [0.15, 0.2) is 11.6 Å². The second kappa shape index (κ2) is 5.27. The molecule has 0 atom stereocenters. The van der Waals surface area contributed by atoms with Crippen LogP contribution in [0.25, 0.3) is 5.82 Å². The fourth-order valence-electron chi connectivity index (χ4n) is 1.87. The Labute approximate surface area is 107 Å². The van der Waals surface area contributed by atoms with E-state index < -0.39 is 0 Å². The van der Waals surface area contributed by atoms with Gasteiger partial charge in [-0.25, -0.2) is 9.97 Å². The first-order valence-electron chi connectivity index (χ1n) is 6.21. The topological polar surface area (TPSA) is 63.8 Å². The fraction of sp³-hybridized carbons (Fsp3) is 0.462. The van der Waals surface area contributed by atoms with E-state index in [9.17, 15) is 0 Å². The van der Waals surface area contributed by atoms with Crippen molar-refractivity contribution in [2.24, 2.45) is 0 Å². The Kier molecular flexibility index (Phi) is 3.72. The molecule has 2 aromatic rings. The predicted octanol–water partition coefficient (Wildman–Crippen LogP) is 1.59. The summed E-state index contributed by atoms with van der Waals surface area (Å²) in [7, 11) is 0. The van der Waals surface area contributed by atoms with Crippen molar-refractivity contribution in [3.05, 3.63) is 35.0 Å². The summed E-state index contributed by atoms with van der Waals surface area (Å²) in [6.45, 7) is 6.06. The number of nitrogens with zero attached hydrogens (tertiary/aromatic N) is 4. The minimum Gasteiger partial charge on any atom is -0.392 e. The highest BCUT2D eigenvalue weighted by Crippen LogP contribution is 2.14. The summed E-state index contributed by atoms with van der Waals surface area (Å²) in [5, 5.41) is 13.6. The number of hydrogen-bond donors (Lipinski definition) is 1. The lowest BCUT2D eigenvalue weighted by atomic mass is 10.2. The van der Waals surface area contributed by atoms with E-state index in [2.05, 4.69) is 22.0 Å². The summed E-state index contributed by atoms with van der Waals surface area (Å²) in [4.78, 5) is 8.85. The van der Waals surface area contributed by atoms with E-state index in [1.807, 2.05) is 19.9 Å². The third-order valence-electron chi connectivity index (χ3n) is 2.84. The van der Waals surface area contributed by atoms with Gasteiger partial charge in [0, 0.05) is 19.0 Å². The summed E-state index contributed by atoms with van der Waals surface area (Å²) in [5.41, 5.74) is 1.80. The lowest BCUT2D eigenvalue weighted by Crippen LogP contribution is -2.07. The van der Waals surface area contributed by atoms with Crippen molar-refractivity contribution in [1.29, 1.82) is 0 Å². The van der Waals surface area contributed by atoms with Crippen LogP contribution in [0.15, 0.2) is 12.3 Å². The zero-order valence-electron chi connectivity index (χ0n) is 11.0. The van der Waals surface area contributed by atoms with Crippen LogP contribution < -0.4 is 0 Å². The van der Waals surface area contributed by atoms with Crippen LogP contribution in [0.4, 0.5) is 0 Å². The quantitative estimate of drug-likeness (QED) is 0.889. The first-order valence-corrected chi connectivity index (χ1v) is 6.21. The summed E-state index contributed by atoms with van der Waals surface area (Å²) in [5.74, 6) is 2.54. The van der Waals surface area contributed by atoms with Gasteiger partial charge in [-0.2, -0.15) is 4.68 Å². The predicted molar refractivity (Wildman–Crippen MR) is 68.6 cm³/mol. The van der Waals surface area contributed by atoms with Crippen molar-refractivity contribution >= 4 is 0 Å². The first kappa shape index (κ1) is 12.7. The highest BCUT2D eigenvalue weighted by atomic mass is 16.3. The maximum atomic E-state index is 9.09. The van der Waals surface area contributed by atoms with Crippen molar-refractivity contribution in [3.8, 4) is 5.82 Å². The largest absolute Gasteiger partial charge is 0.392 e. The number of aryl methyl sites for hydroxylation is 3. The maximum absolute atomic E-state index is 9.09. The van der Waals surface area contributed by atoms with Gasteiger partial charge in [-0.1, -0.05) is 13.8 Å². The Morgan fingerprint density at radius 2 is 2.06 bits per heavy atom. The lowest BCUT2D eigenvalue weighted by molar-refractivity contribution is 0.281.